The summed E-state index contributed by atoms with van der Waals surface area (Å²) in [6.45, 7) is 1.77. The lowest BCUT2D eigenvalue weighted by Crippen LogP contribution is -2.34. The number of rotatable bonds is 1. The summed E-state index contributed by atoms with van der Waals surface area (Å²) in [7, 11) is 0. The van der Waals surface area contributed by atoms with E-state index < -0.39 is 0 Å². The van der Waals surface area contributed by atoms with Crippen LogP contribution in [0.5, 0.6) is 0 Å². The molecule has 15 heavy (non-hydrogen) atoms. The molecule has 1 aromatic carbocycles. The number of benzene rings is 1. The third-order valence-corrected chi connectivity index (χ3v) is 2.31. The highest BCUT2D eigenvalue weighted by Crippen LogP contribution is 2.22. The van der Waals surface area contributed by atoms with Crippen LogP contribution in [0.2, 0.25) is 0 Å². The zero-order valence-corrected chi connectivity index (χ0v) is 8.43. The molecule has 0 bridgehead atoms. The summed E-state index contributed by atoms with van der Waals surface area (Å²) in [5.74, 6) is -0.282. The van der Waals surface area contributed by atoms with Crippen molar-refractivity contribution >= 4 is 17.4 Å². The highest BCUT2D eigenvalue weighted by molar-refractivity contribution is 6.14. The van der Waals surface area contributed by atoms with Gasteiger partial charge in [-0.05, 0) is 19.1 Å². The van der Waals surface area contributed by atoms with Gasteiger partial charge in [0.25, 0.3) is 0 Å². The van der Waals surface area contributed by atoms with E-state index in [0.717, 1.165) is 5.69 Å². The summed E-state index contributed by atoms with van der Waals surface area (Å²) in [5.41, 5.74) is 1.49. The van der Waals surface area contributed by atoms with Crippen molar-refractivity contribution < 1.29 is 9.59 Å². The minimum atomic E-state index is -0.161. The number of hydrogen-bond donors (Lipinski definition) is 0. The van der Waals surface area contributed by atoms with Gasteiger partial charge in [-0.15, -0.1) is 0 Å². The van der Waals surface area contributed by atoms with Gasteiger partial charge in [-0.1, -0.05) is 18.2 Å². The SMILES string of the molecule is CC1=CC(=O)CC(=O)N1c1ccccc1. The molecule has 1 heterocycles. The van der Waals surface area contributed by atoms with Gasteiger partial charge in [0.05, 0.1) is 6.42 Å². The molecular weight excluding hydrogens is 190 g/mol. The molecule has 0 spiro atoms. The lowest BCUT2D eigenvalue weighted by atomic mass is 10.1. The smallest absolute Gasteiger partial charge is 0.239 e. The Bertz CT molecular complexity index is 434. The Morgan fingerprint density at radius 3 is 2.40 bits per heavy atom. The van der Waals surface area contributed by atoms with Crippen molar-refractivity contribution in [2.45, 2.75) is 13.3 Å². The molecule has 0 saturated heterocycles. The Morgan fingerprint density at radius 2 is 1.80 bits per heavy atom. The first-order valence-corrected chi connectivity index (χ1v) is 4.77. The van der Waals surface area contributed by atoms with Gasteiger partial charge in [-0.25, -0.2) is 0 Å². The van der Waals surface area contributed by atoms with Crippen molar-refractivity contribution in [3.63, 3.8) is 0 Å². The Kier molecular flexibility index (Phi) is 2.37. The maximum atomic E-state index is 11.7. The fourth-order valence-electron chi connectivity index (χ4n) is 1.70. The predicted molar refractivity (Wildman–Crippen MR) is 57.3 cm³/mol. The van der Waals surface area contributed by atoms with Crippen LogP contribution in [0.25, 0.3) is 0 Å². The topological polar surface area (TPSA) is 37.4 Å². The summed E-state index contributed by atoms with van der Waals surface area (Å²) in [4.78, 5) is 24.4. The zero-order chi connectivity index (χ0) is 10.8. The fraction of sp³-hybridized carbons (Fsp3) is 0.167. The van der Waals surface area contributed by atoms with Crippen molar-refractivity contribution in [2.75, 3.05) is 4.90 Å². The lowest BCUT2D eigenvalue weighted by Gasteiger charge is -2.25. The third kappa shape index (κ3) is 1.81. The molecule has 0 radical (unpaired) electrons. The fourth-order valence-corrected chi connectivity index (χ4v) is 1.70. The molecule has 0 fully saturated rings. The Morgan fingerprint density at radius 1 is 1.13 bits per heavy atom. The number of allylic oxidation sites excluding steroid dienone is 2. The van der Waals surface area contributed by atoms with Crippen molar-refractivity contribution in [1.29, 1.82) is 0 Å². The van der Waals surface area contributed by atoms with Gasteiger partial charge in [0, 0.05) is 17.5 Å². The Hall–Kier alpha value is -1.90. The van der Waals surface area contributed by atoms with Gasteiger partial charge >= 0.3 is 0 Å². The van der Waals surface area contributed by atoms with E-state index in [1.807, 2.05) is 30.3 Å². The summed E-state index contributed by atoms with van der Waals surface area (Å²) in [5, 5.41) is 0. The zero-order valence-electron chi connectivity index (χ0n) is 8.43. The second kappa shape index (κ2) is 3.69. The summed E-state index contributed by atoms with van der Waals surface area (Å²) in [6.07, 6.45) is 1.47. The molecular formula is C12H11NO2. The molecule has 1 amide bonds. The first-order valence-electron chi connectivity index (χ1n) is 4.77. The molecule has 0 atom stereocenters. The van der Waals surface area contributed by atoms with Crippen LogP contribution in [0.3, 0.4) is 0 Å². The number of hydrogen-bond acceptors (Lipinski definition) is 2. The van der Waals surface area contributed by atoms with Crippen molar-refractivity contribution in [1.82, 2.24) is 0 Å². The molecule has 1 aliphatic rings. The van der Waals surface area contributed by atoms with E-state index in [9.17, 15) is 9.59 Å². The quantitative estimate of drug-likeness (QED) is 0.651. The molecule has 0 aliphatic carbocycles. The second-order valence-electron chi connectivity index (χ2n) is 3.49. The minimum absolute atomic E-state index is 0.0355. The van der Waals surface area contributed by atoms with Gasteiger partial charge in [0.15, 0.2) is 5.78 Å². The maximum Gasteiger partial charge on any atom is 0.239 e. The largest absolute Gasteiger partial charge is 0.294 e. The minimum Gasteiger partial charge on any atom is -0.294 e. The van der Waals surface area contributed by atoms with Gasteiger partial charge in [-0.2, -0.15) is 0 Å². The monoisotopic (exact) mass is 201 g/mol. The lowest BCUT2D eigenvalue weighted by molar-refractivity contribution is -0.124. The Balaban J connectivity index is 2.41. The summed E-state index contributed by atoms with van der Waals surface area (Å²) >= 11 is 0. The number of ketones is 1. The standard InChI is InChI=1S/C12H11NO2/c1-9-7-11(14)8-12(15)13(9)10-5-3-2-4-6-10/h2-7H,8H2,1H3. The third-order valence-electron chi connectivity index (χ3n) is 2.31. The van der Waals surface area contributed by atoms with Crippen molar-refractivity contribution in [3.05, 3.63) is 42.1 Å². The highest BCUT2D eigenvalue weighted by atomic mass is 16.2. The number of nitrogens with zero attached hydrogens (tertiary/aromatic N) is 1. The van der Waals surface area contributed by atoms with E-state index in [4.69, 9.17) is 0 Å². The summed E-state index contributed by atoms with van der Waals surface area (Å²) in [6, 6.07) is 9.33. The van der Waals surface area contributed by atoms with Crippen LogP contribution in [-0.2, 0) is 9.59 Å². The molecule has 1 aliphatic heterocycles. The van der Waals surface area contributed by atoms with Crippen LogP contribution in [0.1, 0.15) is 13.3 Å². The molecule has 3 heteroatoms. The number of carbonyl (C=O) groups is 2. The molecule has 0 saturated carbocycles. The second-order valence-corrected chi connectivity index (χ2v) is 3.49. The normalized spacial score (nSPS) is 16.6. The van der Waals surface area contributed by atoms with Crippen molar-refractivity contribution in [3.8, 4) is 0 Å². The van der Waals surface area contributed by atoms with Gasteiger partial charge in [-0.3, -0.25) is 14.5 Å². The van der Waals surface area contributed by atoms with E-state index in [0.29, 0.717) is 5.70 Å². The van der Waals surface area contributed by atoms with Crippen LogP contribution in [0.15, 0.2) is 42.1 Å². The molecule has 0 unspecified atom stereocenters. The van der Waals surface area contributed by atoms with E-state index in [2.05, 4.69) is 0 Å². The number of amides is 1. The van der Waals surface area contributed by atoms with E-state index >= 15 is 0 Å². The van der Waals surface area contributed by atoms with Crippen LogP contribution in [0, 0.1) is 0 Å². The van der Waals surface area contributed by atoms with Crippen LogP contribution in [0.4, 0.5) is 5.69 Å². The highest BCUT2D eigenvalue weighted by Gasteiger charge is 2.24. The predicted octanol–water partition coefficient (Wildman–Crippen LogP) is 1.90. The first-order chi connectivity index (χ1) is 7.18. The Labute approximate surface area is 88.0 Å². The molecule has 3 nitrogen and oxygen atoms in total. The van der Waals surface area contributed by atoms with Gasteiger partial charge in [0.2, 0.25) is 5.91 Å². The van der Waals surface area contributed by atoms with Gasteiger partial charge < -0.3 is 0 Å². The van der Waals surface area contributed by atoms with Crippen LogP contribution in [-0.4, -0.2) is 11.7 Å². The number of carbonyl (C=O) groups excluding carboxylic acids is 2. The average molecular weight is 201 g/mol. The molecule has 2 rings (SSSR count). The van der Waals surface area contributed by atoms with Gasteiger partial charge in [0.1, 0.15) is 0 Å². The number of para-hydroxylation sites is 1. The maximum absolute atomic E-state index is 11.7. The molecule has 76 valence electrons. The van der Waals surface area contributed by atoms with Crippen molar-refractivity contribution in [2.24, 2.45) is 0 Å². The molecule has 0 aromatic heterocycles. The van der Waals surface area contributed by atoms with Crippen LogP contribution < -0.4 is 4.90 Å². The van der Waals surface area contributed by atoms with E-state index in [1.165, 1.54) is 6.08 Å². The first kappa shape index (κ1) is 9.65. The molecule has 0 N–H and O–H groups in total. The van der Waals surface area contributed by atoms with E-state index in [1.54, 1.807) is 11.8 Å². The average Bonchev–Trinajstić information content (AvgIpc) is 2.17. The van der Waals surface area contributed by atoms with E-state index in [-0.39, 0.29) is 18.1 Å². The number of anilines is 1. The summed E-state index contributed by atoms with van der Waals surface area (Å²) < 4.78 is 0. The molecule has 1 aromatic rings. The van der Waals surface area contributed by atoms with Crippen LogP contribution >= 0.6 is 0 Å².